The Bertz CT molecular complexity index is 656. The van der Waals surface area contributed by atoms with Crippen LogP contribution in [0.25, 0.3) is 0 Å². The molecule has 128 valence electrons. The highest BCUT2D eigenvalue weighted by Crippen LogP contribution is 2.34. The van der Waals surface area contributed by atoms with Gasteiger partial charge in [0.25, 0.3) is 0 Å². The third-order valence-electron chi connectivity index (χ3n) is 3.73. The van der Waals surface area contributed by atoms with Crippen molar-refractivity contribution in [1.82, 2.24) is 0 Å². The monoisotopic (exact) mass is 407 g/mol. The van der Waals surface area contributed by atoms with Crippen molar-refractivity contribution in [3.63, 3.8) is 0 Å². The Kier molecular flexibility index (Phi) is 7.34. The zero-order valence-corrected chi connectivity index (χ0v) is 16.3. The quantitative estimate of drug-likeness (QED) is 0.651. The number of hydrogen-bond donors (Lipinski definition) is 1. The van der Waals surface area contributed by atoms with Gasteiger partial charge < -0.3 is 10.0 Å². The lowest BCUT2D eigenvalue weighted by atomic mass is 10.0. The van der Waals surface area contributed by atoms with Crippen LogP contribution in [0.15, 0.2) is 53.0 Å². The van der Waals surface area contributed by atoms with Gasteiger partial charge in [-0.1, -0.05) is 40.2 Å². The molecule has 1 atom stereocenters. The van der Waals surface area contributed by atoms with Gasteiger partial charge in [0.2, 0.25) is 0 Å². The van der Waals surface area contributed by atoms with Crippen molar-refractivity contribution in [3.05, 3.63) is 64.1 Å². The molecule has 0 aliphatic heterocycles. The van der Waals surface area contributed by atoms with Crippen LogP contribution in [0.1, 0.15) is 27.6 Å². The fraction of sp³-hybridized carbons (Fsp3) is 0.316. The second-order valence-corrected chi connectivity index (χ2v) is 7.93. The molecule has 5 heteroatoms. The summed E-state index contributed by atoms with van der Waals surface area (Å²) in [6.07, 6.45) is 0.424. The molecule has 0 saturated heterocycles. The standard InChI is InChI=1S/C19H22BrNO2S/c1-21(2)17-9-5-15(6-10-17)19(24-12-11-22)13-18(23)14-3-7-16(20)8-4-14/h3-10,19,22H,11-13H2,1-2H3/t19-/m0/s1. The van der Waals surface area contributed by atoms with E-state index in [9.17, 15) is 4.79 Å². The number of nitrogens with zero attached hydrogens (tertiary/aromatic N) is 1. The molecule has 2 rings (SSSR count). The number of anilines is 1. The first kappa shape index (κ1) is 19.0. The van der Waals surface area contributed by atoms with Crippen LogP contribution in [0.5, 0.6) is 0 Å². The first-order chi connectivity index (χ1) is 11.5. The van der Waals surface area contributed by atoms with Gasteiger partial charge in [-0.2, -0.15) is 11.8 Å². The zero-order valence-electron chi connectivity index (χ0n) is 13.9. The maximum absolute atomic E-state index is 12.6. The molecule has 0 saturated carbocycles. The maximum Gasteiger partial charge on any atom is 0.164 e. The molecule has 0 aliphatic carbocycles. The smallest absolute Gasteiger partial charge is 0.164 e. The van der Waals surface area contributed by atoms with E-state index in [2.05, 4.69) is 40.2 Å². The van der Waals surface area contributed by atoms with Gasteiger partial charge in [-0.25, -0.2) is 0 Å². The summed E-state index contributed by atoms with van der Waals surface area (Å²) in [6, 6.07) is 15.7. The van der Waals surface area contributed by atoms with E-state index in [1.165, 1.54) is 0 Å². The highest BCUT2D eigenvalue weighted by molar-refractivity contribution is 9.10. The number of hydrogen-bond acceptors (Lipinski definition) is 4. The average molecular weight is 408 g/mol. The number of carbonyl (C=O) groups excluding carboxylic acids is 1. The van der Waals surface area contributed by atoms with E-state index in [0.717, 1.165) is 21.3 Å². The predicted octanol–water partition coefficient (Wildman–Crippen LogP) is 4.55. The van der Waals surface area contributed by atoms with Gasteiger partial charge in [0.05, 0.1) is 6.61 Å². The van der Waals surface area contributed by atoms with Crippen molar-refractivity contribution in [1.29, 1.82) is 0 Å². The molecule has 2 aromatic carbocycles. The molecular formula is C19H22BrNO2S. The number of benzene rings is 2. The van der Waals surface area contributed by atoms with Gasteiger partial charge in [0.1, 0.15) is 0 Å². The molecule has 0 aliphatic rings. The summed E-state index contributed by atoms with van der Waals surface area (Å²) in [5, 5.41) is 9.19. The first-order valence-electron chi connectivity index (χ1n) is 7.79. The van der Waals surface area contributed by atoms with E-state index in [4.69, 9.17) is 5.11 Å². The van der Waals surface area contributed by atoms with Crippen molar-refractivity contribution in [2.24, 2.45) is 0 Å². The van der Waals surface area contributed by atoms with Crippen LogP contribution in [0.4, 0.5) is 5.69 Å². The lowest BCUT2D eigenvalue weighted by molar-refractivity contribution is 0.0982. The second kappa shape index (κ2) is 9.25. The molecule has 3 nitrogen and oxygen atoms in total. The fourth-order valence-electron chi connectivity index (χ4n) is 2.38. The molecule has 0 heterocycles. The Morgan fingerprint density at radius 1 is 1.12 bits per heavy atom. The molecule has 0 fully saturated rings. The van der Waals surface area contributed by atoms with Gasteiger partial charge in [-0.3, -0.25) is 4.79 Å². The summed E-state index contributed by atoms with van der Waals surface area (Å²) in [7, 11) is 4.01. The summed E-state index contributed by atoms with van der Waals surface area (Å²) in [5.74, 6) is 0.739. The molecule has 1 N–H and O–H groups in total. The fourth-order valence-corrected chi connectivity index (χ4v) is 3.65. The van der Waals surface area contributed by atoms with Crippen molar-refractivity contribution < 1.29 is 9.90 Å². The zero-order chi connectivity index (χ0) is 17.5. The number of Topliss-reactive ketones (excluding diaryl/α,β-unsaturated/α-hetero) is 1. The van der Waals surface area contributed by atoms with E-state index in [1.54, 1.807) is 11.8 Å². The number of aliphatic hydroxyl groups is 1. The van der Waals surface area contributed by atoms with Crippen molar-refractivity contribution in [3.8, 4) is 0 Å². The van der Waals surface area contributed by atoms with Crippen LogP contribution in [0, 0.1) is 0 Å². The van der Waals surface area contributed by atoms with Crippen LogP contribution in [-0.2, 0) is 0 Å². The van der Waals surface area contributed by atoms with Crippen molar-refractivity contribution in [2.45, 2.75) is 11.7 Å². The molecule has 24 heavy (non-hydrogen) atoms. The summed E-state index contributed by atoms with van der Waals surface area (Å²) in [6.45, 7) is 0.115. The summed E-state index contributed by atoms with van der Waals surface area (Å²) in [5.41, 5.74) is 2.96. The summed E-state index contributed by atoms with van der Waals surface area (Å²) >= 11 is 5.01. The van der Waals surface area contributed by atoms with E-state index < -0.39 is 0 Å². The van der Waals surface area contributed by atoms with E-state index in [1.807, 2.05) is 43.3 Å². The number of thioether (sulfide) groups is 1. The Labute approximate surface area is 156 Å². The lowest BCUT2D eigenvalue weighted by Crippen LogP contribution is -2.09. The van der Waals surface area contributed by atoms with Gasteiger partial charge >= 0.3 is 0 Å². The third kappa shape index (κ3) is 5.36. The minimum Gasteiger partial charge on any atom is -0.396 e. The topological polar surface area (TPSA) is 40.5 Å². The first-order valence-corrected chi connectivity index (χ1v) is 9.64. The SMILES string of the molecule is CN(C)c1ccc([C@H](CC(=O)c2ccc(Br)cc2)SCCO)cc1. The molecular weight excluding hydrogens is 386 g/mol. The second-order valence-electron chi connectivity index (χ2n) is 5.70. The molecule has 0 bridgehead atoms. The van der Waals surface area contributed by atoms with Crippen LogP contribution >= 0.6 is 27.7 Å². The number of aliphatic hydroxyl groups excluding tert-OH is 1. The number of carbonyl (C=O) groups is 1. The maximum atomic E-state index is 12.6. The number of halogens is 1. The molecule has 2 aromatic rings. The Morgan fingerprint density at radius 2 is 1.75 bits per heavy atom. The summed E-state index contributed by atoms with van der Waals surface area (Å²) in [4.78, 5) is 14.6. The van der Waals surface area contributed by atoms with E-state index in [-0.39, 0.29) is 17.6 Å². The van der Waals surface area contributed by atoms with Gasteiger partial charge in [-0.15, -0.1) is 0 Å². The van der Waals surface area contributed by atoms with Gasteiger partial charge in [0, 0.05) is 47.2 Å². The number of ketones is 1. The van der Waals surface area contributed by atoms with Crippen LogP contribution in [0.3, 0.4) is 0 Å². The molecule has 0 amide bonds. The van der Waals surface area contributed by atoms with Crippen LogP contribution in [0.2, 0.25) is 0 Å². The minimum absolute atomic E-state index is 0.0458. The minimum atomic E-state index is 0.0458. The Morgan fingerprint density at radius 3 is 2.29 bits per heavy atom. The summed E-state index contributed by atoms with van der Waals surface area (Å²) < 4.78 is 0.963. The molecule has 0 unspecified atom stereocenters. The lowest BCUT2D eigenvalue weighted by Gasteiger charge is -2.18. The van der Waals surface area contributed by atoms with Crippen LogP contribution in [-0.4, -0.2) is 37.3 Å². The molecule has 0 radical (unpaired) electrons. The highest BCUT2D eigenvalue weighted by atomic mass is 79.9. The number of rotatable bonds is 8. The predicted molar refractivity (Wildman–Crippen MR) is 106 cm³/mol. The van der Waals surface area contributed by atoms with Gasteiger partial charge in [0.15, 0.2) is 5.78 Å². The Hall–Kier alpha value is -1.30. The Balaban J connectivity index is 2.15. The van der Waals surface area contributed by atoms with E-state index in [0.29, 0.717) is 12.2 Å². The third-order valence-corrected chi connectivity index (χ3v) is 5.52. The highest BCUT2D eigenvalue weighted by Gasteiger charge is 2.18. The van der Waals surface area contributed by atoms with Crippen molar-refractivity contribution >= 4 is 39.2 Å². The average Bonchev–Trinajstić information content (AvgIpc) is 2.59. The normalized spacial score (nSPS) is 12.0. The molecule has 0 aromatic heterocycles. The largest absolute Gasteiger partial charge is 0.396 e. The van der Waals surface area contributed by atoms with Crippen molar-refractivity contribution in [2.75, 3.05) is 31.4 Å². The van der Waals surface area contributed by atoms with Gasteiger partial charge in [-0.05, 0) is 29.8 Å². The van der Waals surface area contributed by atoms with Crippen LogP contribution < -0.4 is 4.90 Å². The molecule has 0 spiro atoms. The van der Waals surface area contributed by atoms with E-state index >= 15 is 0 Å².